The molecule has 0 bridgehead atoms. The second-order valence-corrected chi connectivity index (χ2v) is 5.10. The molecule has 0 amide bonds. The number of hydrogen-bond acceptors (Lipinski definition) is 3. The number of esters is 1. The van der Waals surface area contributed by atoms with Crippen LogP contribution in [0.4, 0.5) is 0 Å². The lowest BCUT2D eigenvalue weighted by Gasteiger charge is -2.29. The molecule has 2 heterocycles. The van der Waals surface area contributed by atoms with Crippen LogP contribution in [0.3, 0.4) is 0 Å². The van der Waals surface area contributed by atoms with Gasteiger partial charge in [0.15, 0.2) is 0 Å². The van der Waals surface area contributed by atoms with Gasteiger partial charge >= 0.3 is 5.97 Å². The van der Waals surface area contributed by atoms with E-state index in [0.717, 1.165) is 19.4 Å². The molecule has 0 spiro atoms. The molecule has 1 unspecified atom stereocenters. The van der Waals surface area contributed by atoms with E-state index in [1.165, 1.54) is 37.9 Å². The molecule has 3 rings (SSSR count). The van der Waals surface area contributed by atoms with Crippen molar-refractivity contribution in [2.24, 2.45) is 5.92 Å². The Morgan fingerprint density at radius 1 is 1.47 bits per heavy atom. The number of aryl methyl sites for hydroxylation is 1. The van der Waals surface area contributed by atoms with E-state index in [4.69, 9.17) is 4.74 Å². The molecule has 1 aromatic rings. The van der Waals surface area contributed by atoms with Crippen molar-refractivity contribution in [3.8, 4) is 0 Å². The number of ether oxygens (including phenoxy) is 1. The number of carbonyl (C=O) groups is 1. The molecule has 0 N–H and O–H groups in total. The van der Waals surface area contributed by atoms with Gasteiger partial charge in [0.05, 0.1) is 13.0 Å². The first kappa shape index (κ1) is 10.8. The maximum Gasteiger partial charge on any atom is 0.310 e. The summed E-state index contributed by atoms with van der Waals surface area (Å²) in [7, 11) is 1.47. The molecule has 92 valence electrons. The number of carbonyl (C=O) groups excluding carboxylic acids is 1. The van der Waals surface area contributed by atoms with Crippen molar-refractivity contribution < 1.29 is 9.53 Å². The summed E-state index contributed by atoms with van der Waals surface area (Å²) in [6, 6.07) is 0. The molecule has 1 saturated carbocycles. The molecule has 1 aromatic heterocycles. The zero-order chi connectivity index (χ0) is 11.8. The van der Waals surface area contributed by atoms with Gasteiger partial charge < -0.3 is 9.30 Å². The highest BCUT2D eigenvalue weighted by atomic mass is 16.5. The molecule has 1 fully saturated rings. The lowest BCUT2D eigenvalue weighted by molar-refractivity contribution is -0.146. The second-order valence-electron chi connectivity index (χ2n) is 5.10. The van der Waals surface area contributed by atoms with Gasteiger partial charge in [-0.05, 0) is 25.7 Å². The Morgan fingerprint density at radius 2 is 2.29 bits per heavy atom. The van der Waals surface area contributed by atoms with Gasteiger partial charge in [-0.2, -0.15) is 0 Å². The van der Waals surface area contributed by atoms with Gasteiger partial charge in [-0.1, -0.05) is 6.42 Å². The van der Waals surface area contributed by atoms with Gasteiger partial charge in [0.2, 0.25) is 0 Å². The number of fused-ring (bicyclic) bond motifs is 1. The molecular formula is C13H18N2O2. The molecule has 4 heteroatoms. The fraction of sp³-hybridized carbons (Fsp3) is 0.692. The van der Waals surface area contributed by atoms with Crippen molar-refractivity contribution in [3.63, 3.8) is 0 Å². The molecule has 1 aliphatic carbocycles. The Labute approximate surface area is 101 Å². The van der Waals surface area contributed by atoms with E-state index in [1.807, 2.05) is 6.20 Å². The highest BCUT2D eigenvalue weighted by Crippen LogP contribution is 2.37. The largest absolute Gasteiger partial charge is 0.469 e. The fourth-order valence-corrected chi connectivity index (χ4v) is 2.82. The van der Waals surface area contributed by atoms with Gasteiger partial charge in [0.25, 0.3) is 0 Å². The minimum atomic E-state index is -0.0797. The predicted molar refractivity (Wildman–Crippen MR) is 62.6 cm³/mol. The van der Waals surface area contributed by atoms with E-state index in [9.17, 15) is 4.79 Å². The van der Waals surface area contributed by atoms with E-state index >= 15 is 0 Å². The third-order valence-corrected chi connectivity index (χ3v) is 4.13. The minimum Gasteiger partial charge on any atom is -0.469 e. The Balaban J connectivity index is 1.83. The number of imidazole rings is 1. The summed E-state index contributed by atoms with van der Waals surface area (Å²) in [5.74, 6) is 1.75. The summed E-state index contributed by atoms with van der Waals surface area (Å²) in [6.07, 6.45) is 7.63. The Morgan fingerprint density at radius 3 is 2.94 bits per heavy atom. The maximum absolute atomic E-state index is 11.6. The minimum absolute atomic E-state index is 0.0144. The van der Waals surface area contributed by atoms with Crippen molar-refractivity contribution in [2.45, 2.75) is 44.6 Å². The third kappa shape index (κ3) is 1.75. The zero-order valence-corrected chi connectivity index (χ0v) is 10.2. The number of hydrogen-bond donors (Lipinski definition) is 0. The summed E-state index contributed by atoms with van der Waals surface area (Å²) in [5.41, 5.74) is 1.28. The number of methoxy groups -OCH3 is 1. The van der Waals surface area contributed by atoms with E-state index in [0.29, 0.717) is 5.92 Å². The van der Waals surface area contributed by atoms with Crippen LogP contribution in [0.5, 0.6) is 0 Å². The van der Waals surface area contributed by atoms with Crippen LogP contribution in [0, 0.1) is 5.92 Å². The normalized spacial score (nSPS) is 23.9. The average molecular weight is 234 g/mol. The molecule has 1 aliphatic heterocycles. The topological polar surface area (TPSA) is 44.1 Å². The van der Waals surface area contributed by atoms with Crippen LogP contribution < -0.4 is 0 Å². The SMILES string of the molecule is COC(=O)C1CCc2cnc(C3CCC3)n2C1. The summed E-state index contributed by atoms with van der Waals surface area (Å²) < 4.78 is 7.11. The third-order valence-electron chi connectivity index (χ3n) is 4.13. The monoisotopic (exact) mass is 234 g/mol. The van der Waals surface area contributed by atoms with Crippen LogP contribution in [0.15, 0.2) is 6.20 Å². The first-order valence-corrected chi connectivity index (χ1v) is 6.41. The number of rotatable bonds is 2. The molecule has 0 radical (unpaired) electrons. The van der Waals surface area contributed by atoms with Gasteiger partial charge in [0, 0.05) is 24.4 Å². The van der Waals surface area contributed by atoms with Crippen LogP contribution in [0.25, 0.3) is 0 Å². The van der Waals surface area contributed by atoms with E-state index < -0.39 is 0 Å². The Hall–Kier alpha value is -1.32. The highest BCUT2D eigenvalue weighted by Gasteiger charge is 2.31. The summed E-state index contributed by atoms with van der Waals surface area (Å²) in [4.78, 5) is 16.2. The number of nitrogens with zero attached hydrogens (tertiary/aromatic N) is 2. The molecular weight excluding hydrogens is 216 g/mol. The van der Waals surface area contributed by atoms with Gasteiger partial charge in [-0.3, -0.25) is 4.79 Å². The average Bonchev–Trinajstić information content (AvgIpc) is 2.69. The van der Waals surface area contributed by atoms with Gasteiger partial charge in [-0.25, -0.2) is 4.98 Å². The molecule has 2 aliphatic rings. The smallest absolute Gasteiger partial charge is 0.310 e. The number of aromatic nitrogens is 2. The van der Waals surface area contributed by atoms with Crippen LogP contribution in [-0.4, -0.2) is 22.6 Å². The van der Waals surface area contributed by atoms with E-state index in [2.05, 4.69) is 9.55 Å². The second kappa shape index (κ2) is 4.17. The summed E-state index contributed by atoms with van der Waals surface area (Å²) in [5, 5.41) is 0. The molecule has 0 saturated heterocycles. The van der Waals surface area contributed by atoms with E-state index in [-0.39, 0.29) is 11.9 Å². The summed E-state index contributed by atoms with van der Waals surface area (Å²) in [6.45, 7) is 0.758. The first-order chi connectivity index (χ1) is 8.29. The van der Waals surface area contributed by atoms with Crippen LogP contribution in [0.1, 0.15) is 43.1 Å². The highest BCUT2D eigenvalue weighted by molar-refractivity contribution is 5.72. The van der Waals surface area contributed by atoms with Crippen molar-refractivity contribution in [1.82, 2.24) is 9.55 Å². The Kier molecular flexibility index (Phi) is 2.65. The molecule has 4 nitrogen and oxygen atoms in total. The van der Waals surface area contributed by atoms with Gasteiger partial charge in [0.1, 0.15) is 5.82 Å². The fourth-order valence-electron chi connectivity index (χ4n) is 2.82. The van der Waals surface area contributed by atoms with Crippen molar-refractivity contribution in [1.29, 1.82) is 0 Å². The molecule has 1 atom stereocenters. The van der Waals surface area contributed by atoms with E-state index in [1.54, 1.807) is 0 Å². The quantitative estimate of drug-likeness (QED) is 0.734. The lowest BCUT2D eigenvalue weighted by atomic mass is 9.84. The van der Waals surface area contributed by atoms with Crippen LogP contribution in [0.2, 0.25) is 0 Å². The van der Waals surface area contributed by atoms with Crippen molar-refractivity contribution >= 4 is 5.97 Å². The van der Waals surface area contributed by atoms with Crippen molar-refractivity contribution in [2.75, 3.05) is 7.11 Å². The first-order valence-electron chi connectivity index (χ1n) is 6.41. The Bertz CT molecular complexity index is 435. The summed E-state index contributed by atoms with van der Waals surface area (Å²) >= 11 is 0. The van der Waals surface area contributed by atoms with Gasteiger partial charge in [-0.15, -0.1) is 0 Å². The van der Waals surface area contributed by atoms with Crippen LogP contribution >= 0.6 is 0 Å². The maximum atomic E-state index is 11.6. The van der Waals surface area contributed by atoms with Crippen LogP contribution in [-0.2, 0) is 22.5 Å². The zero-order valence-electron chi connectivity index (χ0n) is 10.2. The lowest BCUT2D eigenvalue weighted by Crippen LogP contribution is -2.29. The molecule has 0 aromatic carbocycles. The predicted octanol–water partition coefficient (Wildman–Crippen LogP) is 1.89. The van der Waals surface area contributed by atoms with Crippen molar-refractivity contribution in [3.05, 3.63) is 17.7 Å². The standard InChI is InChI=1S/C13H18N2O2/c1-17-13(16)10-5-6-11-7-14-12(15(11)8-10)9-3-2-4-9/h7,9-10H,2-6,8H2,1H3. The molecule has 17 heavy (non-hydrogen) atoms.